The van der Waals surface area contributed by atoms with Gasteiger partial charge in [0, 0.05) is 18.7 Å². The van der Waals surface area contributed by atoms with Crippen molar-refractivity contribution in [3.63, 3.8) is 0 Å². The molecule has 0 aromatic heterocycles. The minimum absolute atomic E-state index is 0.140. The second-order valence-corrected chi connectivity index (χ2v) is 6.81. The van der Waals surface area contributed by atoms with Crippen LogP contribution in [0, 0.1) is 13.8 Å². The molecular weight excluding hydrogens is 342 g/mol. The fraction of sp³-hybridized carbons (Fsp3) is 0.364. The van der Waals surface area contributed by atoms with Gasteiger partial charge in [-0.05, 0) is 30.5 Å². The van der Waals surface area contributed by atoms with Gasteiger partial charge in [0.2, 0.25) is 6.10 Å². The van der Waals surface area contributed by atoms with E-state index in [4.69, 9.17) is 9.47 Å². The fourth-order valence-corrected chi connectivity index (χ4v) is 3.09. The zero-order valence-corrected chi connectivity index (χ0v) is 15.8. The highest BCUT2D eigenvalue weighted by Crippen LogP contribution is 2.22. The molecule has 0 radical (unpaired) electrons. The molecule has 5 heteroatoms. The predicted molar refractivity (Wildman–Crippen MR) is 102 cm³/mol. The molecule has 1 saturated heterocycles. The number of benzene rings is 2. The summed E-state index contributed by atoms with van der Waals surface area (Å²) in [5.74, 6) is -0.605. The molecule has 5 nitrogen and oxygen atoms in total. The van der Waals surface area contributed by atoms with Crippen molar-refractivity contribution in [3.8, 4) is 0 Å². The average molecular weight is 367 g/mol. The fourth-order valence-electron chi connectivity index (χ4n) is 3.09. The van der Waals surface area contributed by atoms with Gasteiger partial charge in [0.05, 0.1) is 19.6 Å². The molecule has 0 spiro atoms. The number of amides is 1. The third-order valence-electron chi connectivity index (χ3n) is 4.82. The minimum Gasteiger partial charge on any atom is -0.447 e. The Labute approximate surface area is 159 Å². The van der Waals surface area contributed by atoms with Crippen molar-refractivity contribution in [1.82, 2.24) is 4.90 Å². The van der Waals surface area contributed by atoms with Crippen molar-refractivity contribution in [2.45, 2.75) is 26.4 Å². The molecule has 1 aliphatic rings. The molecule has 1 fully saturated rings. The van der Waals surface area contributed by atoms with Gasteiger partial charge >= 0.3 is 5.97 Å². The highest BCUT2D eigenvalue weighted by Gasteiger charge is 2.30. The van der Waals surface area contributed by atoms with Gasteiger partial charge in [0.25, 0.3) is 5.91 Å². The van der Waals surface area contributed by atoms with Gasteiger partial charge < -0.3 is 14.4 Å². The lowest BCUT2D eigenvalue weighted by Crippen LogP contribution is -2.44. The summed E-state index contributed by atoms with van der Waals surface area (Å²) in [5.41, 5.74) is 3.87. The van der Waals surface area contributed by atoms with Gasteiger partial charge in [0.15, 0.2) is 0 Å². The summed E-state index contributed by atoms with van der Waals surface area (Å²) in [6, 6.07) is 15.1. The van der Waals surface area contributed by atoms with E-state index in [0.717, 1.165) is 11.1 Å². The summed E-state index contributed by atoms with van der Waals surface area (Å²) in [5, 5.41) is 0. The lowest BCUT2D eigenvalue weighted by molar-refractivity contribution is -0.162. The Morgan fingerprint density at radius 3 is 2.41 bits per heavy atom. The van der Waals surface area contributed by atoms with Crippen LogP contribution in [0.3, 0.4) is 0 Å². The van der Waals surface area contributed by atoms with E-state index in [1.165, 1.54) is 5.56 Å². The standard InChI is InChI=1S/C22H25NO4/c1-16-8-9-18(14-17(16)2)15-20(24)27-21(19-6-4-3-5-7-19)22(25)23-10-12-26-13-11-23/h3-9,14,21H,10-13,15H2,1-2H3/t21-/m1/s1. The van der Waals surface area contributed by atoms with Crippen LogP contribution in [0.5, 0.6) is 0 Å². The van der Waals surface area contributed by atoms with Crippen molar-refractivity contribution < 1.29 is 19.1 Å². The van der Waals surface area contributed by atoms with Crippen LogP contribution < -0.4 is 0 Å². The number of morpholine rings is 1. The molecule has 0 bridgehead atoms. The number of ether oxygens (including phenoxy) is 2. The zero-order chi connectivity index (χ0) is 19.2. The summed E-state index contributed by atoms with van der Waals surface area (Å²) in [4.78, 5) is 27.2. The third kappa shape index (κ3) is 4.95. The molecule has 2 aromatic rings. The molecule has 1 atom stereocenters. The second-order valence-electron chi connectivity index (χ2n) is 6.81. The first-order chi connectivity index (χ1) is 13.0. The van der Waals surface area contributed by atoms with Crippen molar-refractivity contribution in [1.29, 1.82) is 0 Å². The molecule has 2 aromatic carbocycles. The van der Waals surface area contributed by atoms with Gasteiger partial charge in [-0.25, -0.2) is 0 Å². The molecule has 142 valence electrons. The normalized spacial score (nSPS) is 15.3. The number of esters is 1. The molecule has 3 rings (SSSR count). The van der Waals surface area contributed by atoms with Crippen LogP contribution in [-0.4, -0.2) is 43.1 Å². The van der Waals surface area contributed by atoms with Crippen LogP contribution in [-0.2, 0) is 25.5 Å². The molecule has 1 aliphatic heterocycles. The van der Waals surface area contributed by atoms with E-state index >= 15 is 0 Å². The van der Waals surface area contributed by atoms with E-state index in [1.807, 2.05) is 62.4 Å². The van der Waals surface area contributed by atoms with Gasteiger partial charge in [-0.15, -0.1) is 0 Å². The molecule has 0 unspecified atom stereocenters. The number of carbonyl (C=O) groups excluding carboxylic acids is 2. The molecule has 0 N–H and O–H groups in total. The lowest BCUT2D eigenvalue weighted by Gasteiger charge is -2.30. The minimum atomic E-state index is -0.927. The molecular formula is C22H25NO4. The van der Waals surface area contributed by atoms with Gasteiger partial charge in [0.1, 0.15) is 0 Å². The van der Waals surface area contributed by atoms with E-state index in [-0.39, 0.29) is 12.3 Å². The predicted octanol–water partition coefficient (Wildman–Crippen LogP) is 2.99. The lowest BCUT2D eigenvalue weighted by atomic mass is 10.0. The molecule has 0 aliphatic carbocycles. The van der Waals surface area contributed by atoms with Crippen LogP contribution in [0.4, 0.5) is 0 Å². The smallest absolute Gasteiger partial charge is 0.311 e. The van der Waals surface area contributed by atoms with E-state index in [1.54, 1.807) is 4.90 Å². The Morgan fingerprint density at radius 1 is 1.04 bits per heavy atom. The number of hydrogen-bond donors (Lipinski definition) is 0. The molecule has 1 heterocycles. The summed E-state index contributed by atoms with van der Waals surface area (Å²) in [6.45, 7) is 6.07. The number of rotatable bonds is 5. The van der Waals surface area contributed by atoms with Crippen molar-refractivity contribution in [3.05, 3.63) is 70.8 Å². The maximum absolute atomic E-state index is 13.0. The molecule has 1 amide bonds. The summed E-state index contributed by atoms with van der Waals surface area (Å²) < 4.78 is 11.0. The Kier molecular flexibility index (Phi) is 6.24. The Balaban J connectivity index is 1.75. The third-order valence-corrected chi connectivity index (χ3v) is 4.82. The highest BCUT2D eigenvalue weighted by atomic mass is 16.5. The quantitative estimate of drug-likeness (QED) is 0.763. The first-order valence-corrected chi connectivity index (χ1v) is 9.21. The first-order valence-electron chi connectivity index (χ1n) is 9.21. The Bertz CT molecular complexity index is 797. The van der Waals surface area contributed by atoms with Crippen LogP contribution in [0.15, 0.2) is 48.5 Å². The SMILES string of the molecule is Cc1ccc(CC(=O)O[C@@H](C(=O)N2CCOCC2)c2ccccc2)cc1C. The number of aryl methyl sites for hydroxylation is 2. The molecule has 0 saturated carbocycles. The highest BCUT2D eigenvalue weighted by molar-refractivity contribution is 5.85. The van der Waals surface area contributed by atoms with Crippen LogP contribution in [0.1, 0.15) is 28.4 Å². The van der Waals surface area contributed by atoms with Gasteiger partial charge in [-0.2, -0.15) is 0 Å². The number of carbonyl (C=O) groups is 2. The van der Waals surface area contributed by atoms with Gasteiger partial charge in [-0.3, -0.25) is 9.59 Å². The Hall–Kier alpha value is -2.66. The monoisotopic (exact) mass is 367 g/mol. The maximum atomic E-state index is 13.0. The van der Waals surface area contributed by atoms with Crippen molar-refractivity contribution in [2.75, 3.05) is 26.3 Å². The summed E-state index contributed by atoms with van der Waals surface area (Å²) >= 11 is 0. The zero-order valence-electron chi connectivity index (χ0n) is 15.8. The Morgan fingerprint density at radius 2 is 1.74 bits per heavy atom. The van der Waals surface area contributed by atoms with E-state index in [2.05, 4.69) is 0 Å². The maximum Gasteiger partial charge on any atom is 0.311 e. The first kappa shape index (κ1) is 19.1. The van der Waals surface area contributed by atoms with Crippen LogP contribution in [0.2, 0.25) is 0 Å². The van der Waals surface area contributed by atoms with Crippen molar-refractivity contribution in [2.24, 2.45) is 0 Å². The summed E-state index contributed by atoms with van der Waals surface area (Å²) in [6.07, 6.45) is -0.788. The average Bonchev–Trinajstić information content (AvgIpc) is 2.70. The van der Waals surface area contributed by atoms with Gasteiger partial charge in [-0.1, -0.05) is 48.5 Å². The number of nitrogens with zero attached hydrogens (tertiary/aromatic N) is 1. The van der Waals surface area contributed by atoms with E-state index in [9.17, 15) is 9.59 Å². The van der Waals surface area contributed by atoms with Crippen molar-refractivity contribution >= 4 is 11.9 Å². The largest absolute Gasteiger partial charge is 0.447 e. The summed E-state index contributed by atoms with van der Waals surface area (Å²) in [7, 11) is 0. The molecule has 27 heavy (non-hydrogen) atoms. The number of hydrogen-bond acceptors (Lipinski definition) is 4. The van der Waals surface area contributed by atoms with E-state index in [0.29, 0.717) is 31.9 Å². The topological polar surface area (TPSA) is 55.8 Å². The van der Waals surface area contributed by atoms with Crippen LogP contribution >= 0.6 is 0 Å². The van der Waals surface area contributed by atoms with E-state index < -0.39 is 12.1 Å². The van der Waals surface area contributed by atoms with Crippen LogP contribution in [0.25, 0.3) is 0 Å². The second kappa shape index (κ2) is 8.82.